The van der Waals surface area contributed by atoms with Gasteiger partial charge in [-0.25, -0.2) is 0 Å². The Bertz CT molecular complexity index is 502. The second-order valence-electron chi connectivity index (χ2n) is 5.20. The standard InChI is InChI=1S/C15H18F3NO2/c1-21-14(20)13-7-2-3-8-19(13)10-11-5-4-6-12(9-11)15(16,17)18/h4-6,9,13H,2-3,7-8,10H2,1H3. The molecular formula is C15H18F3NO2. The van der Waals surface area contributed by atoms with Crippen molar-refractivity contribution in [2.45, 2.75) is 38.0 Å². The number of hydrogen-bond acceptors (Lipinski definition) is 3. The van der Waals surface area contributed by atoms with Crippen LogP contribution in [0.25, 0.3) is 0 Å². The molecule has 0 aliphatic carbocycles. The van der Waals surface area contributed by atoms with Crippen LogP contribution in [0.5, 0.6) is 0 Å². The minimum Gasteiger partial charge on any atom is -0.468 e. The Kier molecular flexibility index (Phi) is 4.88. The number of rotatable bonds is 3. The third kappa shape index (κ3) is 3.97. The maximum absolute atomic E-state index is 12.7. The van der Waals surface area contributed by atoms with Gasteiger partial charge in [-0.2, -0.15) is 13.2 Å². The van der Waals surface area contributed by atoms with Crippen LogP contribution in [-0.4, -0.2) is 30.6 Å². The van der Waals surface area contributed by atoms with E-state index in [1.54, 1.807) is 6.07 Å². The zero-order valence-electron chi connectivity index (χ0n) is 11.8. The van der Waals surface area contributed by atoms with E-state index in [0.717, 1.165) is 25.0 Å². The third-order valence-electron chi connectivity index (χ3n) is 3.73. The van der Waals surface area contributed by atoms with E-state index < -0.39 is 11.7 Å². The molecule has 0 radical (unpaired) electrons. The number of piperidine rings is 1. The molecule has 0 bridgehead atoms. The van der Waals surface area contributed by atoms with E-state index >= 15 is 0 Å². The van der Waals surface area contributed by atoms with Gasteiger partial charge in [0.05, 0.1) is 12.7 Å². The van der Waals surface area contributed by atoms with E-state index in [4.69, 9.17) is 4.74 Å². The van der Waals surface area contributed by atoms with Gasteiger partial charge in [-0.05, 0) is 31.0 Å². The maximum atomic E-state index is 12.7. The average Bonchev–Trinajstić information content (AvgIpc) is 2.46. The number of methoxy groups -OCH3 is 1. The molecule has 1 unspecified atom stereocenters. The topological polar surface area (TPSA) is 29.5 Å². The molecule has 1 heterocycles. The molecule has 0 aromatic heterocycles. The van der Waals surface area contributed by atoms with Crippen molar-refractivity contribution < 1.29 is 22.7 Å². The Labute approximate surface area is 121 Å². The molecular weight excluding hydrogens is 283 g/mol. The molecule has 3 nitrogen and oxygen atoms in total. The summed E-state index contributed by atoms with van der Waals surface area (Å²) in [5.41, 5.74) is -0.104. The van der Waals surface area contributed by atoms with Crippen molar-refractivity contribution in [3.8, 4) is 0 Å². The van der Waals surface area contributed by atoms with E-state index in [1.807, 2.05) is 4.90 Å². The van der Waals surface area contributed by atoms with Gasteiger partial charge in [-0.1, -0.05) is 24.6 Å². The summed E-state index contributed by atoms with van der Waals surface area (Å²) in [6.07, 6.45) is -1.80. The lowest BCUT2D eigenvalue weighted by Gasteiger charge is -2.33. The van der Waals surface area contributed by atoms with Gasteiger partial charge in [0, 0.05) is 6.54 Å². The number of nitrogens with zero attached hydrogens (tertiary/aromatic N) is 1. The third-order valence-corrected chi connectivity index (χ3v) is 3.73. The summed E-state index contributed by atoms with van der Waals surface area (Å²) in [5, 5.41) is 0. The van der Waals surface area contributed by atoms with Crippen LogP contribution in [0.15, 0.2) is 24.3 Å². The number of ether oxygens (including phenoxy) is 1. The molecule has 1 aromatic rings. The molecule has 1 aliphatic heterocycles. The van der Waals surface area contributed by atoms with Crippen molar-refractivity contribution in [2.75, 3.05) is 13.7 Å². The number of benzene rings is 1. The van der Waals surface area contributed by atoms with Gasteiger partial charge in [0.2, 0.25) is 0 Å². The Hall–Kier alpha value is -1.56. The Balaban J connectivity index is 2.14. The number of carbonyl (C=O) groups is 1. The average molecular weight is 301 g/mol. The predicted molar refractivity (Wildman–Crippen MR) is 71.5 cm³/mol. The van der Waals surface area contributed by atoms with Gasteiger partial charge >= 0.3 is 12.1 Å². The molecule has 1 aliphatic rings. The lowest BCUT2D eigenvalue weighted by atomic mass is 10.0. The van der Waals surface area contributed by atoms with Crippen LogP contribution in [0.1, 0.15) is 30.4 Å². The number of halogens is 3. The largest absolute Gasteiger partial charge is 0.468 e. The predicted octanol–water partition coefficient (Wildman–Crippen LogP) is 3.23. The highest BCUT2D eigenvalue weighted by molar-refractivity contribution is 5.75. The summed E-state index contributed by atoms with van der Waals surface area (Å²) in [5.74, 6) is -0.318. The zero-order chi connectivity index (χ0) is 15.5. The summed E-state index contributed by atoms with van der Waals surface area (Å²) >= 11 is 0. The first-order valence-electron chi connectivity index (χ1n) is 6.90. The van der Waals surface area contributed by atoms with Crippen molar-refractivity contribution in [1.29, 1.82) is 0 Å². The van der Waals surface area contributed by atoms with Gasteiger partial charge in [-0.3, -0.25) is 9.69 Å². The molecule has 1 fully saturated rings. The van der Waals surface area contributed by atoms with E-state index in [2.05, 4.69) is 0 Å². The highest BCUT2D eigenvalue weighted by atomic mass is 19.4. The lowest BCUT2D eigenvalue weighted by molar-refractivity contribution is -0.148. The van der Waals surface area contributed by atoms with Crippen molar-refractivity contribution >= 4 is 5.97 Å². The highest BCUT2D eigenvalue weighted by Crippen LogP contribution is 2.30. The number of carbonyl (C=O) groups excluding carboxylic acids is 1. The quantitative estimate of drug-likeness (QED) is 0.803. The van der Waals surface area contributed by atoms with E-state index in [0.29, 0.717) is 25.1 Å². The van der Waals surface area contributed by atoms with Gasteiger partial charge in [0.25, 0.3) is 0 Å². The van der Waals surface area contributed by atoms with Crippen molar-refractivity contribution in [1.82, 2.24) is 4.90 Å². The van der Waals surface area contributed by atoms with Gasteiger partial charge in [0.15, 0.2) is 0 Å². The minimum absolute atomic E-state index is 0.318. The number of alkyl halides is 3. The van der Waals surface area contributed by atoms with Crippen LogP contribution in [0.3, 0.4) is 0 Å². The summed E-state index contributed by atoms with van der Waals surface area (Å²) in [6.45, 7) is 1.01. The first-order valence-corrected chi connectivity index (χ1v) is 6.90. The molecule has 0 spiro atoms. The van der Waals surface area contributed by atoms with Gasteiger partial charge in [-0.15, -0.1) is 0 Å². The van der Waals surface area contributed by atoms with Crippen LogP contribution < -0.4 is 0 Å². The Morgan fingerprint density at radius 2 is 2.14 bits per heavy atom. The summed E-state index contributed by atoms with van der Waals surface area (Å²) in [4.78, 5) is 13.6. The van der Waals surface area contributed by atoms with Crippen LogP contribution in [0.2, 0.25) is 0 Å². The summed E-state index contributed by atoms with van der Waals surface area (Å²) in [7, 11) is 1.33. The monoisotopic (exact) mass is 301 g/mol. The van der Waals surface area contributed by atoms with E-state index in [-0.39, 0.29) is 12.0 Å². The van der Waals surface area contributed by atoms with E-state index in [1.165, 1.54) is 13.2 Å². The molecule has 0 amide bonds. The first-order chi connectivity index (χ1) is 9.91. The molecule has 0 saturated carbocycles. The maximum Gasteiger partial charge on any atom is 0.416 e. The highest BCUT2D eigenvalue weighted by Gasteiger charge is 2.32. The fraction of sp³-hybridized carbons (Fsp3) is 0.533. The molecule has 1 atom stereocenters. The number of likely N-dealkylation sites (tertiary alicyclic amines) is 1. The Morgan fingerprint density at radius 1 is 1.38 bits per heavy atom. The molecule has 1 saturated heterocycles. The molecule has 1 aromatic carbocycles. The van der Waals surface area contributed by atoms with Crippen molar-refractivity contribution in [3.63, 3.8) is 0 Å². The van der Waals surface area contributed by atoms with Crippen LogP contribution in [-0.2, 0) is 22.3 Å². The number of esters is 1. The molecule has 2 rings (SSSR count). The smallest absolute Gasteiger partial charge is 0.416 e. The number of hydrogen-bond donors (Lipinski definition) is 0. The van der Waals surface area contributed by atoms with Crippen molar-refractivity contribution in [3.05, 3.63) is 35.4 Å². The Morgan fingerprint density at radius 3 is 2.81 bits per heavy atom. The summed E-state index contributed by atoms with van der Waals surface area (Å²) < 4.78 is 42.9. The summed E-state index contributed by atoms with van der Waals surface area (Å²) in [6, 6.07) is 4.88. The second kappa shape index (κ2) is 6.47. The SMILES string of the molecule is COC(=O)C1CCCCN1Cc1cccc(C(F)(F)F)c1. The minimum atomic E-state index is -4.35. The first kappa shape index (κ1) is 15.8. The lowest BCUT2D eigenvalue weighted by Crippen LogP contribution is -2.44. The molecule has 0 N–H and O–H groups in total. The van der Waals surface area contributed by atoms with E-state index in [9.17, 15) is 18.0 Å². The molecule has 116 valence electrons. The van der Waals surface area contributed by atoms with Crippen molar-refractivity contribution in [2.24, 2.45) is 0 Å². The van der Waals surface area contributed by atoms with Gasteiger partial charge < -0.3 is 4.74 Å². The van der Waals surface area contributed by atoms with Gasteiger partial charge in [0.1, 0.15) is 6.04 Å². The van der Waals surface area contributed by atoms with Crippen LogP contribution in [0.4, 0.5) is 13.2 Å². The second-order valence-corrected chi connectivity index (χ2v) is 5.20. The van der Waals surface area contributed by atoms with Crippen LogP contribution >= 0.6 is 0 Å². The molecule has 21 heavy (non-hydrogen) atoms. The fourth-order valence-electron chi connectivity index (χ4n) is 2.66. The normalized spacial score (nSPS) is 20.3. The molecule has 6 heteroatoms. The zero-order valence-corrected chi connectivity index (χ0v) is 11.8. The fourth-order valence-corrected chi connectivity index (χ4v) is 2.66. The van der Waals surface area contributed by atoms with Crippen LogP contribution in [0, 0.1) is 0 Å².